The minimum absolute atomic E-state index is 0.403. The Morgan fingerprint density at radius 3 is 2.69 bits per heavy atom. The van der Waals surface area contributed by atoms with Crippen LogP contribution in [0, 0.1) is 11.3 Å². The zero-order chi connectivity index (χ0) is 18.3. The van der Waals surface area contributed by atoms with Crippen molar-refractivity contribution in [2.24, 2.45) is 0 Å². The Labute approximate surface area is 152 Å². The molecule has 0 saturated carbocycles. The molecule has 0 aliphatic carbocycles. The largest absolute Gasteiger partial charge is 0.485 e. The van der Waals surface area contributed by atoms with Crippen LogP contribution in [0.3, 0.4) is 0 Å². The first-order valence-corrected chi connectivity index (χ1v) is 8.50. The number of hydrogen-bond acceptors (Lipinski definition) is 4. The summed E-state index contributed by atoms with van der Waals surface area (Å²) < 4.78 is 7.97. The number of nitrogens with zero attached hydrogens (tertiary/aromatic N) is 3. The third-order valence-electron chi connectivity index (χ3n) is 4.84. The lowest BCUT2D eigenvalue weighted by atomic mass is 9.85. The fraction of sp³-hybridized carbons (Fsp3) is 0.238. The molecule has 0 bridgehead atoms. The molecule has 4 rings (SSSR count). The van der Waals surface area contributed by atoms with Crippen LogP contribution in [-0.2, 0) is 0 Å². The van der Waals surface area contributed by atoms with E-state index in [-0.39, 0.29) is 0 Å². The molecular weight excluding hydrogens is 326 g/mol. The van der Waals surface area contributed by atoms with Crippen LogP contribution in [0.25, 0.3) is 11.4 Å². The maximum Gasteiger partial charge on any atom is 0.140 e. The standard InChI is InChI=1S/C21H19N3O2/c1-21(2)19(25)18(16-12-14(13-22)8-9-17(16)26-21)24-11-10-23-20(24)15-6-4-3-5-7-15/h3-12,18-19,25H,1-2H3/t18-,19+/m1/s1. The highest BCUT2D eigenvalue weighted by atomic mass is 16.5. The Hall–Kier alpha value is -3.10. The van der Waals surface area contributed by atoms with Crippen molar-refractivity contribution in [1.82, 2.24) is 9.55 Å². The number of aromatic nitrogens is 2. The normalized spacial score (nSPS) is 20.7. The van der Waals surface area contributed by atoms with Gasteiger partial charge in [0.25, 0.3) is 0 Å². The topological polar surface area (TPSA) is 71.1 Å². The van der Waals surface area contributed by atoms with Crippen molar-refractivity contribution < 1.29 is 9.84 Å². The monoisotopic (exact) mass is 345 g/mol. The molecule has 1 aliphatic rings. The van der Waals surface area contributed by atoms with Crippen LogP contribution in [0.15, 0.2) is 60.9 Å². The molecule has 1 N–H and O–H groups in total. The molecule has 130 valence electrons. The number of aliphatic hydroxyl groups excluding tert-OH is 1. The van der Waals surface area contributed by atoms with Gasteiger partial charge in [-0.25, -0.2) is 4.98 Å². The fourth-order valence-electron chi connectivity index (χ4n) is 3.49. The van der Waals surface area contributed by atoms with E-state index in [0.717, 1.165) is 17.0 Å². The first-order valence-electron chi connectivity index (χ1n) is 8.50. The highest BCUT2D eigenvalue weighted by Gasteiger charge is 2.44. The molecule has 0 saturated heterocycles. The molecule has 2 heterocycles. The van der Waals surface area contributed by atoms with Crippen LogP contribution in [0.2, 0.25) is 0 Å². The second-order valence-corrected chi connectivity index (χ2v) is 6.98. The van der Waals surface area contributed by atoms with Crippen LogP contribution >= 0.6 is 0 Å². The van der Waals surface area contributed by atoms with E-state index in [1.807, 2.05) is 54.9 Å². The highest BCUT2D eigenvalue weighted by Crippen LogP contribution is 2.43. The maximum absolute atomic E-state index is 11.1. The van der Waals surface area contributed by atoms with Crippen LogP contribution in [-0.4, -0.2) is 26.4 Å². The predicted molar refractivity (Wildman–Crippen MR) is 97.7 cm³/mol. The number of imidazole rings is 1. The van der Waals surface area contributed by atoms with Gasteiger partial charge in [0, 0.05) is 23.5 Å². The molecule has 3 aromatic rings. The van der Waals surface area contributed by atoms with Crippen molar-refractivity contribution in [2.45, 2.75) is 31.6 Å². The van der Waals surface area contributed by atoms with Gasteiger partial charge in [-0.15, -0.1) is 0 Å². The van der Waals surface area contributed by atoms with Crippen LogP contribution in [0.5, 0.6) is 5.75 Å². The molecule has 5 nitrogen and oxygen atoms in total. The molecular formula is C21H19N3O2. The van der Waals surface area contributed by atoms with E-state index in [1.54, 1.807) is 24.4 Å². The lowest BCUT2D eigenvalue weighted by molar-refractivity contribution is -0.0634. The van der Waals surface area contributed by atoms with Crippen molar-refractivity contribution in [3.05, 3.63) is 72.1 Å². The number of hydrogen-bond donors (Lipinski definition) is 1. The zero-order valence-electron chi connectivity index (χ0n) is 14.6. The van der Waals surface area contributed by atoms with Gasteiger partial charge >= 0.3 is 0 Å². The third-order valence-corrected chi connectivity index (χ3v) is 4.84. The summed E-state index contributed by atoms with van der Waals surface area (Å²) in [6.07, 6.45) is 2.78. The SMILES string of the molecule is CC1(C)Oc2ccc(C#N)cc2[C@@H](n2ccnc2-c2ccccc2)[C@@H]1O. The van der Waals surface area contributed by atoms with Gasteiger partial charge in [-0.1, -0.05) is 30.3 Å². The molecule has 0 radical (unpaired) electrons. The molecule has 1 aliphatic heterocycles. The first-order chi connectivity index (χ1) is 12.5. The van der Waals surface area contributed by atoms with Gasteiger partial charge in [0.05, 0.1) is 17.7 Å². The van der Waals surface area contributed by atoms with E-state index < -0.39 is 17.7 Å². The van der Waals surface area contributed by atoms with E-state index in [9.17, 15) is 10.4 Å². The molecule has 0 fully saturated rings. The summed E-state index contributed by atoms with van der Waals surface area (Å²) in [5.41, 5.74) is 1.51. The van der Waals surface area contributed by atoms with E-state index in [4.69, 9.17) is 4.74 Å². The Morgan fingerprint density at radius 2 is 1.96 bits per heavy atom. The Morgan fingerprint density at radius 1 is 1.19 bits per heavy atom. The van der Waals surface area contributed by atoms with E-state index >= 15 is 0 Å². The fourth-order valence-corrected chi connectivity index (χ4v) is 3.49. The van der Waals surface area contributed by atoms with Crippen molar-refractivity contribution in [3.8, 4) is 23.2 Å². The lowest BCUT2D eigenvalue weighted by Gasteiger charge is -2.43. The predicted octanol–water partition coefficient (Wildman–Crippen LogP) is 3.54. The average Bonchev–Trinajstić information content (AvgIpc) is 3.12. The van der Waals surface area contributed by atoms with Crippen molar-refractivity contribution in [1.29, 1.82) is 5.26 Å². The smallest absolute Gasteiger partial charge is 0.140 e. The second kappa shape index (κ2) is 6.01. The number of benzene rings is 2. The van der Waals surface area contributed by atoms with Gasteiger partial charge in [-0.3, -0.25) is 0 Å². The summed E-state index contributed by atoms with van der Waals surface area (Å²) in [5.74, 6) is 1.44. The maximum atomic E-state index is 11.1. The van der Waals surface area contributed by atoms with Crippen LogP contribution in [0.1, 0.15) is 31.0 Å². The van der Waals surface area contributed by atoms with Gasteiger partial charge in [-0.2, -0.15) is 5.26 Å². The summed E-state index contributed by atoms with van der Waals surface area (Å²) in [4.78, 5) is 4.51. The van der Waals surface area contributed by atoms with E-state index in [0.29, 0.717) is 11.3 Å². The number of rotatable bonds is 2. The first kappa shape index (κ1) is 16.4. The molecule has 26 heavy (non-hydrogen) atoms. The number of aliphatic hydroxyl groups is 1. The molecule has 0 spiro atoms. The second-order valence-electron chi connectivity index (χ2n) is 6.98. The van der Waals surface area contributed by atoms with Crippen molar-refractivity contribution in [3.63, 3.8) is 0 Å². The highest BCUT2D eigenvalue weighted by molar-refractivity contribution is 5.57. The van der Waals surface area contributed by atoms with Crippen molar-refractivity contribution >= 4 is 0 Å². The Bertz CT molecular complexity index is 986. The zero-order valence-corrected chi connectivity index (χ0v) is 14.6. The summed E-state index contributed by atoms with van der Waals surface area (Å²) in [5, 5.41) is 20.4. The summed E-state index contributed by atoms with van der Waals surface area (Å²) in [7, 11) is 0. The van der Waals surface area contributed by atoms with Gasteiger partial charge in [0.2, 0.25) is 0 Å². The summed E-state index contributed by atoms with van der Waals surface area (Å²) >= 11 is 0. The van der Waals surface area contributed by atoms with Gasteiger partial charge in [0.15, 0.2) is 0 Å². The number of ether oxygens (including phenoxy) is 1. The van der Waals surface area contributed by atoms with E-state index in [1.165, 1.54) is 0 Å². The molecule has 1 aromatic heterocycles. The molecule has 0 amide bonds. The van der Waals surface area contributed by atoms with Gasteiger partial charge in [-0.05, 0) is 32.0 Å². The van der Waals surface area contributed by atoms with Gasteiger partial charge < -0.3 is 14.4 Å². The minimum Gasteiger partial charge on any atom is -0.485 e. The van der Waals surface area contributed by atoms with Gasteiger partial charge in [0.1, 0.15) is 23.3 Å². The molecule has 2 aromatic carbocycles. The molecule has 5 heteroatoms. The van der Waals surface area contributed by atoms with Crippen molar-refractivity contribution in [2.75, 3.05) is 0 Å². The molecule has 0 unspecified atom stereocenters. The summed E-state index contributed by atoms with van der Waals surface area (Å²) in [6, 6.07) is 16.9. The number of nitriles is 1. The average molecular weight is 345 g/mol. The number of fused-ring (bicyclic) bond motifs is 1. The minimum atomic E-state index is -0.805. The Kier molecular flexibility index (Phi) is 3.78. The van der Waals surface area contributed by atoms with Crippen LogP contribution in [0.4, 0.5) is 0 Å². The summed E-state index contributed by atoms with van der Waals surface area (Å²) in [6.45, 7) is 3.73. The quantitative estimate of drug-likeness (QED) is 0.771. The lowest BCUT2D eigenvalue weighted by Crippen LogP contribution is -2.50. The Balaban J connectivity index is 1.92. The molecule has 2 atom stereocenters. The van der Waals surface area contributed by atoms with Crippen LogP contribution < -0.4 is 4.74 Å². The van der Waals surface area contributed by atoms with E-state index in [2.05, 4.69) is 11.1 Å². The third kappa shape index (κ3) is 2.56.